The summed E-state index contributed by atoms with van der Waals surface area (Å²) in [6, 6.07) is 10.2. The topological polar surface area (TPSA) is 246 Å². The maximum atomic E-state index is 15.5. The predicted molar refractivity (Wildman–Crippen MR) is 240 cm³/mol. The molecule has 1 unspecified atom stereocenters. The number of hydrogen-bond acceptors (Lipinski definition) is 13. The molecule has 19 nitrogen and oxygen atoms in total. The second kappa shape index (κ2) is 22.9. The average molecular weight is 978 g/mol. The van der Waals surface area contributed by atoms with Gasteiger partial charge in [-0.1, -0.05) is 18.2 Å². The van der Waals surface area contributed by atoms with Crippen molar-refractivity contribution in [3.05, 3.63) is 95.2 Å². The van der Waals surface area contributed by atoms with E-state index in [2.05, 4.69) is 30.7 Å². The van der Waals surface area contributed by atoms with E-state index in [1.54, 1.807) is 35.3 Å². The maximum absolute atomic E-state index is 15.5. The van der Waals surface area contributed by atoms with Crippen molar-refractivity contribution in [2.24, 2.45) is 11.7 Å². The summed E-state index contributed by atoms with van der Waals surface area (Å²) in [5.74, 6) is -4.57. The van der Waals surface area contributed by atoms with Gasteiger partial charge in [0, 0.05) is 62.7 Å². The van der Waals surface area contributed by atoms with Crippen molar-refractivity contribution in [3.63, 3.8) is 0 Å². The van der Waals surface area contributed by atoms with Gasteiger partial charge in [0.25, 0.3) is 17.7 Å². The number of benzene rings is 2. The van der Waals surface area contributed by atoms with Gasteiger partial charge in [-0.25, -0.2) is 9.37 Å². The first-order chi connectivity index (χ1) is 33.5. The van der Waals surface area contributed by atoms with E-state index in [-0.39, 0.29) is 107 Å². The average Bonchev–Trinajstić information content (AvgIpc) is 3.89. The summed E-state index contributed by atoms with van der Waals surface area (Å²) in [5.41, 5.74) is 8.38. The Bertz CT molecular complexity index is 2590. The van der Waals surface area contributed by atoms with Crippen LogP contribution in [0.5, 0.6) is 5.75 Å². The fourth-order valence-corrected chi connectivity index (χ4v) is 8.41. The Hall–Kier alpha value is -7.27. The van der Waals surface area contributed by atoms with Crippen LogP contribution in [0.2, 0.25) is 0 Å². The van der Waals surface area contributed by atoms with Crippen LogP contribution in [0, 0.1) is 5.92 Å². The number of nitrogens with one attached hydrogen (secondary N) is 3. The van der Waals surface area contributed by atoms with E-state index in [9.17, 15) is 46.7 Å². The number of hydrogen-bond donors (Lipinski definition) is 4. The quantitative estimate of drug-likeness (QED) is 0.0502. The van der Waals surface area contributed by atoms with Crippen LogP contribution in [0.1, 0.15) is 74.4 Å². The molecule has 7 rings (SSSR count). The first kappa shape index (κ1) is 50.6. The smallest absolute Gasteiger partial charge is 0.406 e. The number of rotatable bonds is 22. The van der Waals surface area contributed by atoms with Crippen LogP contribution in [0.4, 0.5) is 23.2 Å². The van der Waals surface area contributed by atoms with Crippen LogP contribution in [0.15, 0.2) is 67.3 Å². The molecule has 3 atom stereocenters. The molecular formula is C47H51F4N9O10. The lowest BCUT2D eigenvalue weighted by atomic mass is 9.88. The lowest BCUT2D eigenvalue weighted by molar-refractivity contribution is -0.274. The SMILES string of the molecule is NC(=O)c1cc(-c2cn(CCCC(=O)NCCOCCOCCNc3cccc4c3C(=O)N(C3CCC(=O)NC3=O)C4=O)cn2)cnc1C[C@@H]1CCN(C(=O)Cc2ccc(OC(F)(F)F)cc2)C[C@H]1F. The number of primary amides is 1. The van der Waals surface area contributed by atoms with Crippen molar-refractivity contribution in [1.82, 2.24) is 35.0 Å². The second-order valence-electron chi connectivity index (χ2n) is 16.8. The highest BCUT2D eigenvalue weighted by Crippen LogP contribution is 2.33. The summed E-state index contributed by atoms with van der Waals surface area (Å²) >= 11 is 0. The van der Waals surface area contributed by atoms with Crippen molar-refractivity contribution in [2.45, 2.75) is 70.1 Å². The van der Waals surface area contributed by atoms with E-state index in [1.807, 2.05) is 0 Å². The summed E-state index contributed by atoms with van der Waals surface area (Å²) in [6.07, 6.45) is -0.300. The number of alkyl halides is 4. The number of carbonyl (C=O) groups is 7. The van der Waals surface area contributed by atoms with Crippen LogP contribution >= 0.6 is 0 Å². The van der Waals surface area contributed by atoms with Crippen LogP contribution in [0.3, 0.4) is 0 Å². The van der Waals surface area contributed by atoms with Crippen LogP contribution < -0.4 is 26.4 Å². The Kier molecular flexibility index (Phi) is 16.5. The lowest BCUT2D eigenvalue weighted by Crippen LogP contribution is -2.54. The number of anilines is 1. The molecule has 0 aliphatic carbocycles. The third kappa shape index (κ3) is 13.1. The van der Waals surface area contributed by atoms with E-state index in [0.717, 1.165) is 17.0 Å². The summed E-state index contributed by atoms with van der Waals surface area (Å²) in [6.45, 7) is 2.20. The van der Waals surface area contributed by atoms with Gasteiger partial charge >= 0.3 is 6.36 Å². The highest BCUT2D eigenvalue weighted by Gasteiger charge is 2.45. The Morgan fingerprint density at radius 3 is 2.40 bits per heavy atom. The van der Waals surface area contributed by atoms with Crippen molar-refractivity contribution < 1.29 is 65.3 Å². The zero-order valence-corrected chi connectivity index (χ0v) is 37.8. The Labute approximate surface area is 398 Å². The number of halogens is 4. The highest BCUT2D eigenvalue weighted by atomic mass is 19.4. The minimum Gasteiger partial charge on any atom is -0.406 e. The summed E-state index contributed by atoms with van der Waals surface area (Å²) in [5, 5.41) is 8.09. The Balaban J connectivity index is 0.756. The molecule has 0 spiro atoms. The zero-order chi connectivity index (χ0) is 50.0. The van der Waals surface area contributed by atoms with E-state index in [1.165, 1.54) is 29.3 Å². The molecule has 3 aliphatic heterocycles. The number of ether oxygens (including phenoxy) is 3. The molecule has 2 aromatic carbocycles. The molecule has 3 aliphatic rings. The van der Waals surface area contributed by atoms with Gasteiger partial charge in [-0.2, -0.15) is 0 Å². The molecule has 5 N–H and O–H groups in total. The van der Waals surface area contributed by atoms with Gasteiger partial charge in [-0.05, 0) is 67.5 Å². The standard InChI is InChI=1S/C47H51F4N9O10/c48-34-25-59(41(63)21-28-6-8-31(9-7-28)70-47(49,50)51)16-12-29(34)23-36-33(43(52)64)22-30(24-55-36)37-26-58(27-56-37)15-2-5-39(61)54-14-18-69-20-19-68-17-13-53-35-4-1-3-32-42(35)46(67)60(45(32)66)38-10-11-40(62)57-44(38)65/h1,3-4,6-9,22,24,26-27,29,34,38,53H,2,5,10-21,23,25H2,(H2,52,64)(H,54,61)(H,57,62,65)/t29-,34+,38?/m0/s1. The van der Waals surface area contributed by atoms with Gasteiger partial charge in [0.2, 0.25) is 23.6 Å². The largest absolute Gasteiger partial charge is 0.573 e. The normalized spacial score (nSPS) is 18.1. The van der Waals surface area contributed by atoms with Gasteiger partial charge in [0.15, 0.2) is 0 Å². The number of aryl methyl sites for hydroxylation is 1. The van der Waals surface area contributed by atoms with Crippen LogP contribution in [0.25, 0.3) is 11.3 Å². The molecule has 2 fully saturated rings. The third-order valence-electron chi connectivity index (χ3n) is 12.0. The molecule has 372 valence electrons. The molecule has 0 saturated carbocycles. The van der Waals surface area contributed by atoms with Crippen molar-refractivity contribution in [2.75, 3.05) is 57.9 Å². The number of amides is 7. The zero-order valence-electron chi connectivity index (χ0n) is 37.8. The van der Waals surface area contributed by atoms with Crippen molar-refractivity contribution >= 4 is 47.0 Å². The van der Waals surface area contributed by atoms with Gasteiger partial charge in [0.05, 0.1) is 73.8 Å². The number of nitrogens with two attached hydrogens (primary N) is 1. The van der Waals surface area contributed by atoms with Gasteiger partial charge < -0.3 is 40.0 Å². The molecule has 7 amide bonds. The highest BCUT2D eigenvalue weighted by molar-refractivity contribution is 6.25. The number of aromatic nitrogens is 3. The van der Waals surface area contributed by atoms with E-state index < -0.39 is 59.8 Å². The number of imidazole rings is 1. The number of carbonyl (C=O) groups excluding carboxylic acids is 7. The molecule has 4 aromatic rings. The van der Waals surface area contributed by atoms with Crippen LogP contribution in [-0.2, 0) is 48.0 Å². The predicted octanol–water partition coefficient (Wildman–Crippen LogP) is 3.36. The molecule has 2 aromatic heterocycles. The van der Waals surface area contributed by atoms with Crippen LogP contribution in [-0.4, -0.2) is 137 Å². The summed E-state index contributed by atoms with van der Waals surface area (Å²) in [7, 11) is 0. The Morgan fingerprint density at radius 2 is 1.69 bits per heavy atom. The molecule has 0 bridgehead atoms. The third-order valence-corrected chi connectivity index (χ3v) is 12.0. The fourth-order valence-electron chi connectivity index (χ4n) is 8.41. The molecule has 23 heteroatoms. The minimum atomic E-state index is -4.84. The maximum Gasteiger partial charge on any atom is 0.573 e. The molecule has 70 heavy (non-hydrogen) atoms. The fraction of sp³-hybridized carbons (Fsp3) is 0.426. The van der Waals surface area contributed by atoms with Crippen molar-refractivity contribution in [3.8, 4) is 17.0 Å². The number of fused-ring (bicyclic) bond motifs is 1. The molecule has 0 radical (unpaired) electrons. The molecular weight excluding hydrogens is 927 g/mol. The number of likely N-dealkylation sites (tertiary alicyclic amines) is 1. The molecule has 5 heterocycles. The van der Waals surface area contributed by atoms with E-state index in [0.29, 0.717) is 54.3 Å². The number of imide groups is 2. The Morgan fingerprint density at radius 1 is 0.929 bits per heavy atom. The van der Waals surface area contributed by atoms with Gasteiger partial charge in [0.1, 0.15) is 18.0 Å². The first-order valence-electron chi connectivity index (χ1n) is 22.6. The molecule has 2 saturated heterocycles. The van der Waals surface area contributed by atoms with Gasteiger partial charge in [-0.15, -0.1) is 13.2 Å². The van der Waals surface area contributed by atoms with Crippen molar-refractivity contribution in [1.29, 1.82) is 0 Å². The number of nitrogens with zero attached hydrogens (tertiary/aromatic N) is 5. The minimum absolute atomic E-state index is 0.0293. The number of pyridine rings is 1. The second-order valence-corrected chi connectivity index (χ2v) is 16.8. The monoisotopic (exact) mass is 977 g/mol. The van der Waals surface area contributed by atoms with Gasteiger partial charge in [-0.3, -0.25) is 48.8 Å². The summed E-state index contributed by atoms with van der Waals surface area (Å²) in [4.78, 5) is 99.2. The number of piperidine rings is 2. The first-order valence-corrected chi connectivity index (χ1v) is 22.6. The van der Waals surface area contributed by atoms with E-state index >= 15 is 4.39 Å². The summed E-state index contributed by atoms with van der Waals surface area (Å²) < 4.78 is 69.7. The van der Waals surface area contributed by atoms with E-state index in [4.69, 9.17) is 15.2 Å². The lowest BCUT2D eigenvalue weighted by Gasteiger charge is -2.35.